The minimum Gasteiger partial charge on any atom is -1.00 e. The molecule has 0 saturated carbocycles. The summed E-state index contributed by atoms with van der Waals surface area (Å²) in [4.78, 5) is 0. The number of aliphatic hydroxyl groups excluding tert-OH is 1. The van der Waals surface area contributed by atoms with Crippen LogP contribution < -0.4 is 24.8 Å². The van der Waals surface area contributed by atoms with Gasteiger partial charge in [0.2, 0.25) is 0 Å². The van der Waals surface area contributed by atoms with Gasteiger partial charge in [0, 0.05) is 5.92 Å². The zero-order valence-corrected chi connectivity index (χ0v) is 24.2. The van der Waals surface area contributed by atoms with E-state index in [1.54, 1.807) is 0 Å². The van der Waals surface area contributed by atoms with Crippen molar-refractivity contribution in [2.45, 2.75) is 39.7 Å². The van der Waals surface area contributed by atoms with E-state index in [1.807, 2.05) is 60.7 Å². The van der Waals surface area contributed by atoms with E-state index in [2.05, 4.69) is 70.2 Å². The predicted octanol–water partition coefficient (Wildman–Crippen LogP) is 2.18. The molecule has 0 amide bonds. The summed E-state index contributed by atoms with van der Waals surface area (Å²) in [5, 5.41) is 12.5. The van der Waals surface area contributed by atoms with Crippen molar-refractivity contribution < 1.29 is 51.6 Å². The Balaban J connectivity index is 0.000000345. The van der Waals surface area contributed by atoms with Crippen LogP contribution in [0.4, 0.5) is 0 Å². The second kappa shape index (κ2) is 14.6. The van der Waals surface area contributed by atoms with Crippen LogP contribution in [0.15, 0.2) is 119 Å². The van der Waals surface area contributed by atoms with Crippen molar-refractivity contribution in [1.29, 1.82) is 0 Å². The maximum atomic E-state index is 9.99. The van der Waals surface area contributed by atoms with Crippen LogP contribution in [0.3, 0.4) is 0 Å². The molecule has 0 atom stereocenters. The number of fused-ring (bicyclic) bond motifs is 1. The zero-order valence-electron chi connectivity index (χ0n) is 21.1. The summed E-state index contributed by atoms with van der Waals surface area (Å²) in [5.74, 6) is 0.421. The van der Waals surface area contributed by atoms with Gasteiger partial charge in [-0.05, 0) is 50.0 Å². The van der Waals surface area contributed by atoms with Gasteiger partial charge in [-0.3, -0.25) is 0 Å². The van der Waals surface area contributed by atoms with Gasteiger partial charge in [-0.15, -0.1) is 46.7 Å². The average molecular weight is 550 g/mol. The molecule has 1 aliphatic rings. The summed E-state index contributed by atoms with van der Waals surface area (Å²) in [6.07, 6.45) is -0.516. The molecule has 1 nitrogen and oxygen atoms in total. The van der Waals surface area contributed by atoms with Gasteiger partial charge in [-0.25, -0.2) is 0 Å². The maximum absolute atomic E-state index is 9.99. The largest absolute Gasteiger partial charge is 3.00 e. The fourth-order valence-electron chi connectivity index (χ4n) is 4.58. The molecule has 0 bridgehead atoms. The molecule has 36 heavy (non-hydrogen) atoms. The van der Waals surface area contributed by atoms with Gasteiger partial charge in [-0.1, -0.05) is 83.9 Å². The van der Waals surface area contributed by atoms with Gasteiger partial charge in [0.05, 0.1) is 0 Å². The van der Waals surface area contributed by atoms with Crippen LogP contribution in [0.5, 0.6) is 0 Å². The molecule has 0 heterocycles. The number of hydrogen-bond donors (Lipinski definition) is 1. The van der Waals surface area contributed by atoms with Gasteiger partial charge in [-0.2, -0.15) is 0 Å². The molecule has 0 spiro atoms. The quantitative estimate of drug-likeness (QED) is 0.307. The van der Waals surface area contributed by atoms with Crippen LogP contribution in [0.1, 0.15) is 56.4 Å². The predicted molar refractivity (Wildman–Crippen MR) is 139 cm³/mol. The van der Waals surface area contributed by atoms with E-state index in [1.165, 1.54) is 38.6 Å². The van der Waals surface area contributed by atoms with Gasteiger partial charge in [0.25, 0.3) is 0 Å². The van der Waals surface area contributed by atoms with Crippen molar-refractivity contribution in [3.63, 3.8) is 0 Å². The van der Waals surface area contributed by atoms with Crippen molar-refractivity contribution in [1.82, 2.24) is 0 Å². The summed E-state index contributed by atoms with van der Waals surface area (Å²) in [6.45, 7) is 8.97. The normalized spacial score (nSPS) is 12.9. The minimum atomic E-state index is -0.516. The summed E-state index contributed by atoms with van der Waals surface area (Å²) in [7, 11) is 0. The number of halogens is 2. The van der Waals surface area contributed by atoms with Gasteiger partial charge < -0.3 is 29.9 Å². The van der Waals surface area contributed by atoms with Crippen molar-refractivity contribution >= 4 is 10.8 Å². The molecule has 0 aliphatic heterocycles. The summed E-state index contributed by atoms with van der Waals surface area (Å²) in [5.41, 5.74) is 9.00. The summed E-state index contributed by atoms with van der Waals surface area (Å²) in [6, 6.07) is 35.8. The van der Waals surface area contributed by atoms with E-state index in [4.69, 9.17) is 0 Å². The fraction of sp³-hybridized carbons (Fsp3) is 0.188. The van der Waals surface area contributed by atoms with E-state index in [-0.39, 0.29) is 46.5 Å². The van der Waals surface area contributed by atoms with Crippen molar-refractivity contribution in [3.8, 4) is 0 Å². The number of benzene rings is 4. The van der Waals surface area contributed by atoms with E-state index in [0.29, 0.717) is 5.92 Å². The standard InChI is InChI=1S/C19H19.C13H12O.2ClH.Ti/c1-12-13(2)15(4)19(14(12)3)18-10-9-16-7-5-6-8-17(16)11-18;14-13(11-7-3-1-4-8-11)12-9-5-2-6-10-12;;;/h5-10,19H,1-4H3;1-10,13-14H;2*1H;/q-1;;;;+3/p-2. The molecule has 0 unspecified atom stereocenters. The van der Waals surface area contributed by atoms with Crippen molar-refractivity contribution in [3.05, 3.63) is 142 Å². The van der Waals surface area contributed by atoms with E-state index < -0.39 is 6.10 Å². The molecule has 1 radical (unpaired) electrons. The second-order valence-corrected chi connectivity index (χ2v) is 8.77. The molecule has 1 N–H and O–H groups in total. The molecule has 0 aromatic heterocycles. The summed E-state index contributed by atoms with van der Waals surface area (Å²) >= 11 is 0. The van der Waals surface area contributed by atoms with Crippen LogP contribution in [-0.4, -0.2) is 5.11 Å². The SMILES string of the molecule is CC1=C(C)C(c2[c-]c3ccccc3cc2)C(C)=C1C.OC(c1ccccc1)c1ccccc1.[Cl-].[Cl-].[Ti+3]. The maximum Gasteiger partial charge on any atom is 3.00 e. The number of allylic oxidation sites excluding steroid dienone is 4. The topological polar surface area (TPSA) is 20.2 Å². The molecule has 1 aliphatic carbocycles. The Kier molecular flexibility index (Phi) is 12.9. The number of rotatable bonds is 3. The van der Waals surface area contributed by atoms with Gasteiger partial charge >= 0.3 is 21.7 Å². The zero-order chi connectivity index (χ0) is 23.4. The first-order valence-corrected chi connectivity index (χ1v) is 11.5. The molecular formula is C32H31Cl2OTi. The number of hydrogen-bond acceptors (Lipinski definition) is 1. The molecule has 0 fully saturated rings. The van der Waals surface area contributed by atoms with E-state index in [9.17, 15) is 5.11 Å². The van der Waals surface area contributed by atoms with Crippen LogP contribution in [0.2, 0.25) is 0 Å². The number of aliphatic hydroxyl groups is 1. The monoisotopic (exact) mass is 549 g/mol. The Bertz CT molecular complexity index is 1250. The van der Waals surface area contributed by atoms with Crippen LogP contribution >= 0.6 is 0 Å². The Hall–Kier alpha value is -2.13. The molecule has 4 aromatic rings. The summed E-state index contributed by atoms with van der Waals surface area (Å²) < 4.78 is 0. The van der Waals surface area contributed by atoms with Gasteiger partial charge in [0.15, 0.2) is 0 Å². The van der Waals surface area contributed by atoms with Crippen LogP contribution in [0.25, 0.3) is 10.8 Å². The fourth-order valence-corrected chi connectivity index (χ4v) is 4.58. The van der Waals surface area contributed by atoms with E-state index in [0.717, 1.165) is 11.1 Å². The third kappa shape index (κ3) is 7.00. The smallest absolute Gasteiger partial charge is 1.00 e. The molecule has 0 saturated heterocycles. The minimum absolute atomic E-state index is 0. The molecule has 4 aromatic carbocycles. The second-order valence-electron chi connectivity index (χ2n) is 8.77. The third-order valence-electron chi connectivity index (χ3n) is 6.84. The average Bonchev–Trinajstić information content (AvgIpc) is 3.07. The Labute approximate surface area is 243 Å². The first kappa shape index (κ1) is 31.9. The van der Waals surface area contributed by atoms with E-state index >= 15 is 0 Å². The van der Waals surface area contributed by atoms with Crippen molar-refractivity contribution in [2.75, 3.05) is 0 Å². The molecule has 4 heteroatoms. The molecular weight excluding hydrogens is 519 g/mol. The molecule has 183 valence electrons. The Morgan fingerprint density at radius 3 is 1.56 bits per heavy atom. The Morgan fingerprint density at radius 2 is 1.06 bits per heavy atom. The Morgan fingerprint density at radius 1 is 0.611 bits per heavy atom. The first-order valence-electron chi connectivity index (χ1n) is 11.5. The van der Waals surface area contributed by atoms with Crippen LogP contribution in [-0.2, 0) is 21.7 Å². The van der Waals surface area contributed by atoms with Crippen molar-refractivity contribution in [2.24, 2.45) is 0 Å². The first-order chi connectivity index (χ1) is 16.0. The molecule has 5 rings (SSSR count). The van der Waals surface area contributed by atoms with Crippen LogP contribution in [0, 0.1) is 6.07 Å². The third-order valence-corrected chi connectivity index (χ3v) is 6.84. The van der Waals surface area contributed by atoms with Gasteiger partial charge in [0.1, 0.15) is 6.10 Å².